The fourth-order valence-electron chi connectivity index (χ4n) is 3.01. The summed E-state index contributed by atoms with van der Waals surface area (Å²) >= 11 is 0. The van der Waals surface area contributed by atoms with Crippen molar-refractivity contribution in [2.24, 2.45) is 0 Å². The average Bonchev–Trinajstić information content (AvgIpc) is 2.60. The Morgan fingerprint density at radius 1 is 0.826 bits per heavy atom. The van der Waals surface area contributed by atoms with Crippen LogP contribution in [0.5, 0.6) is 5.75 Å². The van der Waals surface area contributed by atoms with Gasteiger partial charge in [-0.3, -0.25) is 9.59 Å². The van der Waals surface area contributed by atoms with Crippen LogP contribution in [0, 0.1) is 0 Å². The van der Waals surface area contributed by atoms with Crippen LogP contribution in [0.3, 0.4) is 0 Å². The summed E-state index contributed by atoms with van der Waals surface area (Å²) in [5.41, 5.74) is 1.59. The zero-order chi connectivity index (χ0) is 16.0. The molecule has 0 atom stereocenters. The molecule has 0 spiro atoms. The van der Waals surface area contributed by atoms with E-state index in [0.29, 0.717) is 22.6 Å². The van der Waals surface area contributed by atoms with Gasteiger partial charge in [-0.15, -0.1) is 0 Å². The number of carbonyl (C=O) groups is 2. The van der Waals surface area contributed by atoms with Crippen molar-refractivity contribution in [2.75, 3.05) is 12.0 Å². The maximum Gasteiger partial charge on any atom is 0.265 e. The molecule has 3 aromatic carbocycles. The smallest absolute Gasteiger partial charge is 0.265 e. The lowest BCUT2D eigenvalue weighted by molar-refractivity contribution is 0.0893. The first kappa shape index (κ1) is 13.5. The SMILES string of the molecule is COc1cccc(N2C(=O)c3cccc4cccc(c34)C2=O)c1. The lowest BCUT2D eigenvalue weighted by atomic mass is 9.94. The Morgan fingerprint density at radius 2 is 1.43 bits per heavy atom. The maximum absolute atomic E-state index is 12.9. The molecule has 4 heteroatoms. The van der Waals surface area contributed by atoms with Crippen molar-refractivity contribution in [1.82, 2.24) is 0 Å². The number of hydrogen-bond acceptors (Lipinski definition) is 3. The summed E-state index contributed by atoms with van der Waals surface area (Å²) in [7, 11) is 1.55. The van der Waals surface area contributed by atoms with Gasteiger partial charge >= 0.3 is 0 Å². The highest BCUT2D eigenvalue weighted by molar-refractivity contribution is 6.35. The van der Waals surface area contributed by atoms with E-state index in [9.17, 15) is 9.59 Å². The number of ether oxygens (including phenoxy) is 1. The number of nitrogens with zero attached hydrogens (tertiary/aromatic N) is 1. The number of hydrogen-bond donors (Lipinski definition) is 0. The number of anilines is 1. The Balaban J connectivity index is 1.95. The Hall–Kier alpha value is -3.14. The third-order valence-corrected chi connectivity index (χ3v) is 4.08. The van der Waals surface area contributed by atoms with E-state index >= 15 is 0 Å². The molecule has 0 unspecified atom stereocenters. The topological polar surface area (TPSA) is 46.6 Å². The summed E-state index contributed by atoms with van der Waals surface area (Å²) in [6.45, 7) is 0. The number of imide groups is 1. The minimum atomic E-state index is -0.312. The molecule has 0 saturated heterocycles. The number of methoxy groups -OCH3 is 1. The summed E-state index contributed by atoms with van der Waals surface area (Å²) in [5.74, 6) is -0.0275. The molecule has 112 valence electrons. The van der Waals surface area contributed by atoms with Crippen LogP contribution in [0.25, 0.3) is 10.8 Å². The molecule has 23 heavy (non-hydrogen) atoms. The van der Waals surface area contributed by atoms with E-state index in [2.05, 4.69) is 0 Å². The second kappa shape index (κ2) is 4.95. The zero-order valence-corrected chi connectivity index (χ0v) is 12.4. The van der Waals surface area contributed by atoms with Crippen LogP contribution in [-0.2, 0) is 0 Å². The Bertz CT molecular complexity index is 911. The molecule has 0 fully saturated rings. The minimum absolute atomic E-state index is 0.312. The molecule has 0 N–H and O–H groups in total. The number of amides is 2. The molecule has 0 aromatic heterocycles. The van der Waals surface area contributed by atoms with Gasteiger partial charge in [0.1, 0.15) is 5.75 Å². The molecule has 1 aliphatic heterocycles. The fourth-order valence-corrected chi connectivity index (χ4v) is 3.01. The van der Waals surface area contributed by atoms with E-state index in [1.807, 2.05) is 24.3 Å². The molecule has 0 bridgehead atoms. The third kappa shape index (κ3) is 1.92. The zero-order valence-electron chi connectivity index (χ0n) is 12.4. The second-order valence-electron chi connectivity index (χ2n) is 5.36. The number of rotatable bonds is 2. The van der Waals surface area contributed by atoms with Crippen LogP contribution in [-0.4, -0.2) is 18.9 Å². The third-order valence-electron chi connectivity index (χ3n) is 4.08. The average molecular weight is 303 g/mol. The van der Waals surface area contributed by atoms with Gasteiger partial charge in [0.05, 0.1) is 12.8 Å². The molecule has 1 aliphatic rings. The molecule has 4 rings (SSSR count). The van der Waals surface area contributed by atoms with Crippen LogP contribution in [0.2, 0.25) is 0 Å². The summed E-state index contributed by atoms with van der Waals surface area (Å²) in [6.07, 6.45) is 0. The van der Waals surface area contributed by atoms with Gasteiger partial charge < -0.3 is 4.74 Å². The molecule has 3 aromatic rings. The predicted molar refractivity (Wildman–Crippen MR) is 88.1 cm³/mol. The van der Waals surface area contributed by atoms with E-state index in [0.717, 1.165) is 10.8 Å². The van der Waals surface area contributed by atoms with Crippen molar-refractivity contribution in [3.63, 3.8) is 0 Å². The van der Waals surface area contributed by atoms with Crippen LogP contribution >= 0.6 is 0 Å². The van der Waals surface area contributed by atoms with Gasteiger partial charge in [-0.25, -0.2) is 4.90 Å². The lowest BCUT2D eigenvalue weighted by Crippen LogP contribution is -2.40. The molecule has 0 aliphatic carbocycles. The largest absolute Gasteiger partial charge is 0.497 e. The van der Waals surface area contributed by atoms with Crippen molar-refractivity contribution in [2.45, 2.75) is 0 Å². The number of carbonyl (C=O) groups excluding carboxylic acids is 2. The van der Waals surface area contributed by atoms with E-state index < -0.39 is 0 Å². The predicted octanol–water partition coefficient (Wildman–Crippen LogP) is 3.65. The van der Waals surface area contributed by atoms with Crippen molar-refractivity contribution in [3.05, 3.63) is 71.8 Å². The molecule has 2 amide bonds. The fraction of sp³-hybridized carbons (Fsp3) is 0.0526. The normalized spacial score (nSPS) is 13.5. The number of benzene rings is 3. The molecule has 1 heterocycles. The van der Waals surface area contributed by atoms with Gasteiger partial charge in [0.25, 0.3) is 11.8 Å². The molecular formula is C19H13NO3. The summed E-state index contributed by atoms with van der Waals surface area (Å²) in [6, 6.07) is 17.9. The molecule has 0 radical (unpaired) electrons. The van der Waals surface area contributed by atoms with Crippen molar-refractivity contribution in [3.8, 4) is 5.75 Å². The van der Waals surface area contributed by atoms with Crippen LogP contribution in [0.4, 0.5) is 5.69 Å². The standard InChI is InChI=1S/C19H13NO3/c1-23-14-8-4-7-13(11-14)20-18(21)15-9-2-5-12-6-3-10-16(17(12)15)19(20)22/h2-11H,1H3. The monoisotopic (exact) mass is 303 g/mol. The van der Waals surface area contributed by atoms with Crippen LogP contribution in [0.15, 0.2) is 60.7 Å². The van der Waals surface area contributed by atoms with Crippen molar-refractivity contribution >= 4 is 28.3 Å². The quantitative estimate of drug-likeness (QED) is 0.679. The first-order chi connectivity index (χ1) is 11.2. The first-order valence-electron chi connectivity index (χ1n) is 7.25. The highest BCUT2D eigenvalue weighted by Gasteiger charge is 2.33. The van der Waals surface area contributed by atoms with Crippen molar-refractivity contribution < 1.29 is 14.3 Å². The second-order valence-corrected chi connectivity index (χ2v) is 5.36. The Morgan fingerprint density at radius 3 is 2.04 bits per heavy atom. The van der Waals surface area contributed by atoms with Gasteiger partial charge in [0, 0.05) is 22.6 Å². The van der Waals surface area contributed by atoms with E-state index in [-0.39, 0.29) is 11.8 Å². The van der Waals surface area contributed by atoms with Crippen LogP contribution < -0.4 is 9.64 Å². The highest BCUT2D eigenvalue weighted by Crippen LogP contribution is 2.33. The molecular weight excluding hydrogens is 290 g/mol. The van der Waals surface area contributed by atoms with E-state index in [1.165, 1.54) is 4.90 Å². The van der Waals surface area contributed by atoms with Crippen LogP contribution in [0.1, 0.15) is 20.7 Å². The van der Waals surface area contributed by atoms with Gasteiger partial charge in [-0.1, -0.05) is 30.3 Å². The van der Waals surface area contributed by atoms with Crippen molar-refractivity contribution in [1.29, 1.82) is 0 Å². The summed E-state index contributed by atoms with van der Waals surface area (Å²) in [5, 5.41) is 1.62. The van der Waals surface area contributed by atoms with Gasteiger partial charge in [-0.05, 0) is 29.7 Å². The Labute approximate surface area is 132 Å². The lowest BCUT2D eigenvalue weighted by Gasteiger charge is -2.27. The maximum atomic E-state index is 12.9. The molecule has 0 saturated carbocycles. The summed E-state index contributed by atoms with van der Waals surface area (Å²) < 4.78 is 5.19. The first-order valence-corrected chi connectivity index (χ1v) is 7.25. The van der Waals surface area contributed by atoms with E-state index in [1.54, 1.807) is 43.5 Å². The Kier molecular flexibility index (Phi) is 2.91. The van der Waals surface area contributed by atoms with Gasteiger partial charge in [0.2, 0.25) is 0 Å². The van der Waals surface area contributed by atoms with Gasteiger partial charge in [-0.2, -0.15) is 0 Å². The summed E-state index contributed by atoms with van der Waals surface area (Å²) in [4.78, 5) is 27.0. The van der Waals surface area contributed by atoms with Gasteiger partial charge in [0.15, 0.2) is 0 Å². The van der Waals surface area contributed by atoms with E-state index in [4.69, 9.17) is 4.74 Å². The minimum Gasteiger partial charge on any atom is -0.497 e. The molecule has 4 nitrogen and oxygen atoms in total. The highest BCUT2D eigenvalue weighted by atomic mass is 16.5.